The fraction of sp³-hybridized carbons (Fsp3) is 0.222. The molecule has 1 saturated heterocycles. The molecule has 5 rings (SSSR count). The van der Waals surface area contributed by atoms with E-state index in [0.29, 0.717) is 35.0 Å². The van der Waals surface area contributed by atoms with Crippen LogP contribution in [0.4, 0.5) is 17.1 Å². The first-order valence-electron chi connectivity index (χ1n) is 11.4. The highest BCUT2D eigenvalue weighted by atomic mass is 32.2. The molecule has 3 aromatic carbocycles. The molecule has 2 aliphatic heterocycles. The number of anilines is 3. The van der Waals surface area contributed by atoms with Crippen molar-refractivity contribution in [2.75, 3.05) is 34.0 Å². The molecule has 0 unspecified atom stereocenters. The molecule has 8 heteroatoms. The van der Waals surface area contributed by atoms with E-state index in [1.807, 2.05) is 74.5 Å². The van der Waals surface area contributed by atoms with Crippen molar-refractivity contribution in [3.8, 4) is 5.75 Å². The Bertz CT molecular complexity index is 1310. The van der Waals surface area contributed by atoms with E-state index in [1.54, 1.807) is 17.0 Å². The molecular weight excluding hydrogens is 462 g/mol. The molecule has 1 atom stereocenters. The number of thioether (sulfide) groups is 1. The first kappa shape index (κ1) is 23.0. The van der Waals surface area contributed by atoms with Gasteiger partial charge in [-0.25, -0.2) is 0 Å². The summed E-state index contributed by atoms with van der Waals surface area (Å²) in [7, 11) is 0. The van der Waals surface area contributed by atoms with E-state index in [9.17, 15) is 14.4 Å². The van der Waals surface area contributed by atoms with Crippen molar-refractivity contribution in [2.45, 2.75) is 18.7 Å². The van der Waals surface area contributed by atoms with Gasteiger partial charge >= 0.3 is 0 Å². The van der Waals surface area contributed by atoms with Gasteiger partial charge in [0, 0.05) is 11.3 Å². The quantitative estimate of drug-likeness (QED) is 0.561. The maximum absolute atomic E-state index is 14.0. The predicted molar refractivity (Wildman–Crippen MR) is 138 cm³/mol. The second-order valence-corrected chi connectivity index (χ2v) is 9.55. The average molecular weight is 488 g/mol. The number of aryl methyl sites for hydroxylation is 1. The molecule has 3 aromatic rings. The average Bonchev–Trinajstić information content (AvgIpc) is 3.32. The van der Waals surface area contributed by atoms with E-state index in [1.165, 1.54) is 16.7 Å². The SMILES string of the molecule is CCOc1ccccc1NC(=O)CN1C(=O)[C@@]2(SCC(=O)N2c2ccc(C)cc2)c2ccccc21. The molecule has 0 aromatic heterocycles. The monoisotopic (exact) mass is 487 g/mol. The Labute approximate surface area is 208 Å². The van der Waals surface area contributed by atoms with Crippen molar-refractivity contribution in [2.24, 2.45) is 0 Å². The summed E-state index contributed by atoms with van der Waals surface area (Å²) in [4.78, 5) is 42.0. The Morgan fingerprint density at radius 1 is 1.03 bits per heavy atom. The highest BCUT2D eigenvalue weighted by Crippen LogP contribution is 2.55. The van der Waals surface area contributed by atoms with Crippen molar-refractivity contribution in [3.05, 3.63) is 83.9 Å². The van der Waals surface area contributed by atoms with Gasteiger partial charge in [0.25, 0.3) is 5.91 Å². The van der Waals surface area contributed by atoms with Gasteiger partial charge in [-0.1, -0.05) is 48.0 Å². The molecule has 0 saturated carbocycles. The van der Waals surface area contributed by atoms with Crippen LogP contribution in [0.5, 0.6) is 5.75 Å². The maximum atomic E-state index is 14.0. The third-order valence-electron chi connectivity index (χ3n) is 6.12. The van der Waals surface area contributed by atoms with Gasteiger partial charge in [-0.3, -0.25) is 24.2 Å². The lowest BCUT2D eigenvalue weighted by atomic mass is 10.0. The molecule has 1 fully saturated rings. The second-order valence-electron chi connectivity index (χ2n) is 8.38. The summed E-state index contributed by atoms with van der Waals surface area (Å²) < 4.78 is 5.60. The van der Waals surface area contributed by atoms with E-state index in [2.05, 4.69) is 5.32 Å². The van der Waals surface area contributed by atoms with Crippen LogP contribution >= 0.6 is 11.8 Å². The van der Waals surface area contributed by atoms with Crippen LogP contribution in [0.15, 0.2) is 72.8 Å². The highest BCUT2D eigenvalue weighted by molar-refractivity contribution is 8.02. The largest absolute Gasteiger partial charge is 0.492 e. The van der Waals surface area contributed by atoms with Gasteiger partial charge in [0.15, 0.2) is 0 Å². The molecule has 1 N–H and O–H groups in total. The summed E-state index contributed by atoms with van der Waals surface area (Å²) >= 11 is 1.30. The molecule has 0 aliphatic carbocycles. The Morgan fingerprint density at radius 3 is 2.51 bits per heavy atom. The first-order valence-corrected chi connectivity index (χ1v) is 12.4. The van der Waals surface area contributed by atoms with Crippen LogP contribution in [-0.2, 0) is 19.3 Å². The number of nitrogens with zero attached hydrogens (tertiary/aromatic N) is 2. The van der Waals surface area contributed by atoms with Crippen LogP contribution in [0.2, 0.25) is 0 Å². The van der Waals surface area contributed by atoms with Crippen LogP contribution in [0.3, 0.4) is 0 Å². The number of nitrogens with one attached hydrogen (secondary N) is 1. The van der Waals surface area contributed by atoms with Crippen molar-refractivity contribution < 1.29 is 19.1 Å². The minimum Gasteiger partial charge on any atom is -0.492 e. The molecular formula is C27H25N3O4S. The van der Waals surface area contributed by atoms with Gasteiger partial charge < -0.3 is 10.1 Å². The van der Waals surface area contributed by atoms with E-state index in [0.717, 1.165) is 5.56 Å². The lowest BCUT2D eigenvalue weighted by molar-refractivity contribution is -0.124. The van der Waals surface area contributed by atoms with Crippen LogP contribution in [0.1, 0.15) is 18.1 Å². The lowest BCUT2D eigenvalue weighted by Crippen LogP contribution is -2.50. The Morgan fingerprint density at radius 2 is 1.74 bits per heavy atom. The summed E-state index contributed by atoms with van der Waals surface area (Å²) in [6.07, 6.45) is 0. The zero-order chi connectivity index (χ0) is 24.6. The van der Waals surface area contributed by atoms with Gasteiger partial charge in [0.2, 0.25) is 16.7 Å². The second kappa shape index (κ2) is 9.11. The van der Waals surface area contributed by atoms with E-state index < -0.39 is 4.87 Å². The lowest BCUT2D eigenvalue weighted by Gasteiger charge is -2.33. The number of benzene rings is 3. The molecule has 2 heterocycles. The topological polar surface area (TPSA) is 79.0 Å². The fourth-order valence-corrected chi connectivity index (χ4v) is 5.95. The Hall–Kier alpha value is -3.78. The molecule has 178 valence electrons. The van der Waals surface area contributed by atoms with Gasteiger partial charge in [0.05, 0.1) is 23.7 Å². The normalized spacial score (nSPS) is 18.8. The van der Waals surface area contributed by atoms with Gasteiger partial charge in [0.1, 0.15) is 12.3 Å². The Kier molecular flexibility index (Phi) is 5.98. The number of rotatable bonds is 6. The number of amides is 3. The molecule has 3 amide bonds. The third kappa shape index (κ3) is 3.83. The molecule has 0 bridgehead atoms. The fourth-order valence-electron chi connectivity index (χ4n) is 4.59. The number of ether oxygens (including phenoxy) is 1. The molecule has 1 spiro atoms. The highest BCUT2D eigenvalue weighted by Gasteiger charge is 2.61. The van der Waals surface area contributed by atoms with Gasteiger partial charge in [-0.2, -0.15) is 0 Å². The number of para-hydroxylation sites is 3. The summed E-state index contributed by atoms with van der Waals surface area (Å²) in [6.45, 7) is 4.13. The van der Waals surface area contributed by atoms with Crippen LogP contribution in [-0.4, -0.2) is 36.6 Å². The van der Waals surface area contributed by atoms with Crippen molar-refractivity contribution in [1.29, 1.82) is 0 Å². The summed E-state index contributed by atoms with van der Waals surface area (Å²) in [5.74, 6) is -0.0539. The zero-order valence-electron chi connectivity index (χ0n) is 19.5. The van der Waals surface area contributed by atoms with Crippen molar-refractivity contribution in [3.63, 3.8) is 0 Å². The van der Waals surface area contributed by atoms with Gasteiger partial charge in [-0.15, -0.1) is 11.8 Å². The summed E-state index contributed by atoms with van der Waals surface area (Å²) in [5, 5.41) is 2.87. The van der Waals surface area contributed by atoms with Crippen molar-refractivity contribution >= 4 is 46.5 Å². The van der Waals surface area contributed by atoms with Gasteiger partial charge in [-0.05, 0) is 44.2 Å². The van der Waals surface area contributed by atoms with Crippen LogP contribution in [0, 0.1) is 6.92 Å². The Balaban J connectivity index is 1.49. The van der Waals surface area contributed by atoms with E-state index >= 15 is 0 Å². The number of hydrogen-bond donors (Lipinski definition) is 1. The zero-order valence-corrected chi connectivity index (χ0v) is 20.3. The minimum atomic E-state index is -1.24. The molecule has 2 aliphatic rings. The molecule has 35 heavy (non-hydrogen) atoms. The number of hydrogen-bond acceptors (Lipinski definition) is 5. The number of carbonyl (C=O) groups is 3. The smallest absolute Gasteiger partial charge is 0.269 e. The van der Waals surface area contributed by atoms with Crippen molar-refractivity contribution in [1.82, 2.24) is 0 Å². The summed E-state index contributed by atoms with van der Waals surface area (Å²) in [6, 6.07) is 22.1. The number of carbonyl (C=O) groups excluding carboxylic acids is 3. The number of fused-ring (bicyclic) bond motifs is 2. The maximum Gasteiger partial charge on any atom is 0.269 e. The predicted octanol–water partition coefficient (Wildman–Crippen LogP) is 4.31. The molecule has 0 radical (unpaired) electrons. The van der Waals surface area contributed by atoms with E-state index in [-0.39, 0.29) is 30.0 Å². The standard InChI is InChI=1S/C27H25N3O4S/c1-3-34-23-11-7-5-9-21(23)28-24(31)16-29-22-10-6-4-8-20(22)27(26(29)33)30(25(32)17-35-27)19-14-12-18(2)13-15-19/h4-15H,3,16-17H2,1-2H3,(H,28,31)/t27-/m0/s1. The first-order chi connectivity index (χ1) is 17.0. The third-order valence-corrected chi connectivity index (χ3v) is 7.50. The van der Waals surface area contributed by atoms with Crippen LogP contribution < -0.4 is 19.9 Å². The molecule has 7 nitrogen and oxygen atoms in total. The van der Waals surface area contributed by atoms with E-state index in [4.69, 9.17) is 4.74 Å². The van der Waals surface area contributed by atoms with Crippen LogP contribution in [0.25, 0.3) is 0 Å². The summed E-state index contributed by atoms with van der Waals surface area (Å²) in [5.41, 5.74) is 3.60. The minimum absolute atomic E-state index is 0.140.